The van der Waals surface area contributed by atoms with E-state index >= 15 is 0 Å². The number of allylic oxidation sites excluding steroid dienone is 12. The van der Waals surface area contributed by atoms with Crippen LogP contribution in [0.1, 0.15) is 200 Å². The van der Waals surface area contributed by atoms with Crippen LogP contribution in [0.4, 0.5) is 0 Å². The molecule has 364 valence electrons. The van der Waals surface area contributed by atoms with E-state index < -0.39 is 43.4 Å². The van der Waals surface area contributed by atoms with Gasteiger partial charge in [-0.15, -0.1) is 0 Å². The minimum Gasteiger partial charge on any atom is -0.457 e. The van der Waals surface area contributed by atoms with Gasteiger partial charge in [0.2, 0.25) is 0 Å². The summed E-state index contributed by atoms with van der Waals surface area (Å²) in [5.41, 5.74) is 0. The molecule has 0 aromatic rings. The van der Waals surface area contributed by atoms with Crippen LogP contribution in [0.3, 0.4) is 0 Å². The molecule has 0 radical (unpaired) electrons. The number of unbranched alkanes of at least 4 members (excludes halogenated alkanes) is 20. The Morgan fingerprint density at radius 1 is 0.524 bits per heavy atom. The molecular weight excluding hydrogens is 793 g/mol. The van der Waals surface area contributed by atoms with Crippen molar-refractivity contribution in [2.75, 3.05) is 26.4 Å². The Balaban J connectivity index is 2.26. The van der Waals surface area contributed by atoms with Crippen LogP contribution >= 0.6 is 0 Å². The molecule has 0 spiro atoms. The molecule has 1 saturated heterocycles. The van der Waals surface area contributed by atoms with E-state index in [2.05, 4.69) is 86.8 Å². The fourth-order valence-corrected chi connectivity index (χ4v) is 7.44. The predicted molar refractivity (Wildman–Crippen MR) is 260 cm³/mol. The highest BCUT2D eigenvalue weighted by Gasteiger charge is 2.44. The Morgan fingerprint density at radius 2 is 0.968 bits per heavy atom. The largest absolute Gasteiger partial charge is 0.457 e. The summed E-state index contributed by atoms with van der Waals surface area (Å²) in [4.78, 5) is 12.8. The zero-order valence-electron chi connectivity index (χ0n) is 40.1. The average molecular weight is 887 g/mol. The summed E-state index contributed by atoms with van der Waals surface area (Å²) in [5.74, 6) is -0.354. The third-order valence-corrected chi connectivity index (χ3v) is 11.4. The zero-order chi connectivity index (χ0) is 45.7. The first kappa shape index (κ1) is 58.6. The minimum atomic E-state index is -1.55. The van der Waals surface area contributed by atoms with Crippen molar-refractivity contribution in [2.24, 2.45) is 0 Å². The standard InChI is InChI=1S/C54H94O9/c1-3-5-7-9-11-13-15-17-19-21-23-24-25-27-29-31-33-35-37-39-41-43-50(56)62-48(47-61-54-53(59)52(58)51(57)49(45-55)63-54)46-60-44-42-40-38-36-34-32-30-28-26-22-20-18-16-14-12-10-8-6-4-2/h5,7,11,13,17,19,23-24,27,29,33,35,48-49,51-55,57-59H,3-4,6,8-10,12,14-16,18,20-22,25-26,28,30-32,34,36-47H2,1-2H3/b7-5-,13-11-,19-17-,24-23-,29-27-,35-33-. The zero-order valence-corrected chi connectivity index (χ0v) is 40.1. The van der Waals surface area contributed by atoms with E-state index in [1.807, 2.05) is 0 Å². The molecule has 6 atom stereocenters. The summed E-state index contributed by atoms with van der Waals surface area (Å²) in [6.07, 6.45) is 52.2. The van der Waals surface area contributed by atoms with Crippen LogP contribution in [0.15, 0.2) is 72.9 Å². The van der Waals surface area contributed by atoms with Gasteiger partial charge in [-0.3, -0.25) is 4.79 Å². The molecule has 1 aliphatic heterocycles. The van der Waals surface area contributed by atoms with E-state index in [0.717, 1.165) is 64.2 Å². The highest BCUT2D eigenvalue weighted by atomic mass is 16.7. The number of ether oxygens (including phenoxy) is 4. The highest BCUT2D eigenvalue weighted by molar-refractivity contribution is 5.69. The van der Waals surface area contributed by atoms with E-state index in [0.29, 0.717) is 13.0 Å². The first-order valence-electron chi connectivity index (χ1n) is 25.5. The van der Waals surface area contributed by atoms with Crippen molar-refractivity contribution in [3.8, 4) is 0 Å². The molecule has 9 heteroatoms. The molecule has 6 unspecified atom stereocenters. The molecule has 1 aliphatic rings. The Kier molecular flexibility index (Phi) is 41.7. The lowest BCUT2D eigenvalue weighted by Crippen LogP contribution is -2.59. The lowest BCUT2D eigenvalue weighted by Gasteiger charge is -2.39. The van der Waals surface area contributed by atoms with E-state index in [-0.39, 0.29) is 25.6 Å². The van der Waals surface area contributed by atoms with E-state index in [9.17, 15) is 25.2 Å². The van der Waals surface area contributed by atoms with Crippen LogP contribution in [0.5, 0.6) is 0 Å². The highest BCUT2D eigenvalue weighted by Crippen LogP contribution is 2.23. The summed E-state index contributed by atoms with van der Waals surface area (Å²) < 4.78 is 22.9. The van der Waals surface area contributed by atoms with E-state index in [4.69, 9.17) is 18.9 Å². The lowest BCUT2D eigenvalue weighted by molar-refractivity contribution is -0.305. The molecule has 0 amide bonds. The van der Waals surface area contributed by atoms with Crippen LogP contribution in [0, 0.1) is 0 Å². The van der Waals surface area contributed by atoms with Crippen molar-refractivity contribution in [1.82, 2.24) is 0 Å². The van der Waals surface area contributed by atoms with Gasteiger partial charge in [0.25, 0.3) is 0 Å². The SMILES string of the molecule is CC/C=C\C/C=C\C/C=C\C/C=C\C/C=C\C/C=C\CCCCC(=O)OC(COCCCCCCCCCCCCCCCCCCCCC)COC1OC(CO)C(O)C(O)C1O. The maximum atomic E-state index is 12.8. The molecule has 0 aromatic carbocycles. The van der Waals surface area contributed by atoms with Gasteiger partial charge >= 0.3 is 5.97 Å². The normalized spacial score (nSPS) is 20.3. The first-order chi connectivity index (χ1) is 30.9. The Hall–Kier alpha value is -2.37. The fourth-order valence-electron chi connectivity index (χ4n) is 7.44. The number of hydrogen-bond acceptors (Lipinski definition) is 9. The van der Waals surface area contributed by atoms with Gasteiger partial charge in [0.1, 0.15) is 30.5 Å². The minimum absolute atomic E-state index is 0.126. The lowest BCUT2D eigenvalue weighted by atomic mass is 9.99. The molecular formula is C54H94O9. The molecule has 0 bridgehead atoms. The van der Waals surface area contributed by atoms with E-state index in [1.54, 1.807) is 0 Å². The Labute approximate surface area is 385 Å². The van der Waals surface area contributed by atoms with Crippen LogP contribution in [0.2, 0.25) is 0 Å². The third kappa shape index (κ3) is 35.6. The van der Waals surface area contributed by atoms with Gasteiger partial charge in [0, 0.05) is 13.0 Å². The van der Waals surface area contributed by atoms with Crippen molar-refractivity contribution in [3.05, 3.63) is 72.9 Å². The fraction of sp³-hybridized carbons (Fsp3) is 0.759. The van der Waals surface area contributed by atoms with Crippen LogP contribution in [-0.4, -0.2) is 89.6 Å². The average Bonchev–Trinajstić information content (AvgIpc) is 3.28. The molecule has 1 rings (SSSR count). The number of aliphatic hydroxyl groups is 4. The Morgan fingerprint density at radius 3 is 1.43 bits per heavy atom. The number of hydrogen-bond donors (Lipinski definition) is 4. The quantitative estimate of drug-likeness (QED) is 0.0268. The maximum absolute atomic E-state index is 12.8. The van der Waals surface area contributed by atoms with Gasteiger partial charge in [0.05, 0.1) is 19.8 Å². The predicted octanol–water partition coefficient (Wildman–Crippen LogP) is 12.4. The second kappa shape index (κ2) is 44.8. The second-order valence-electron chi connectivity index (χ2n) is 17.2. The second-order valence-corrected chi connectivity index (χ2v) is 17.2. The van der Waals surface area contributed by atoms with Gasteiger partial charge in [-0.1, -0.05) is 202 Å². The smallest absolute Gasteiger partial charge is 0.306 e. The molecule has 0 aliphatic carbocycles. The monoisotopic (exact) mass is 887 g/mol. The molecule has 4 N–H and O–H groups in total. The van der Waals surface area contributed by atoms with Crippen molar-refractivity contribution in [3.63, 3.8) is 0 Å². The van der Waals surface area contributed by atoms with Gasteiger partial charge in [-0.05, 0) is 64.2 Å². The van der Waals surface area contributed by atoms with E-state index in [1.165, 1.54) is 109 Å². The van der Waals surface area contributed by atoms with Crippen LogP contribution < -0.4 is 0 Å². The number of esters is 1. The maximum Gasteiger partial charge on any atom is 0.306 e. The van der Waals surface area contributed by atoms with Gasteiger partial charge in [-0.25, -0.2) is 0 Å². The van der Waals surface area contributed by atoms with Crippen LogP contribution in [-0.2, 0) is 23.7 Å². The van der Waals surface area contributed by atoms with Crippen molar-refractivity contribution in [1.29, 1.82) is 0 Å². The summed E-state index contributed by atoms with van der Waals surface area (Å²) in [6.45, 7) is 4.41. The van der Waals surface area contributed by atoms with Gasteiger partial charge < -0.3 is 39.4 Å². The van der Waals surface area contributed by atoms with Gasteiger partial charge in [0.15, 0.2) is 6.29 Å². The molecule has 1 heterocycles. The number of rotatable bonds is 43. The molecule has 1 fully saturated rings. The topological polar surface area (TPSA) is 135 Å². The molecule has 63 heavy (non-hydrogen) atoms. The van der Waals surface area contributed by atoms with Crippen molar-refractivity contribution in [2.45, 2.75) is 237 Å². The van der Waals surface area contributed by atoms with Crippen molar-refractivity contribution >= 4 is 5.97 Å². The number of carbonyl (C=O) groups excluding carboxylic acids is 1. The molecule has 0 saturated carbocycles. The molecule has 9 nitrogen and oxygen atoms in total. The summed E-state index contributed by atoms with van der Waals surface area (Å²) in [5, 5.41) is 40.2. The number of carbonyl (C=O) groups is 1. The van der Waals surface area contributed by atoms with Crippen LogP contribution in [0.25, 0.3) is 0 Å². The Bertz CT molecular complexity index is 1190. The first-order valence-corrected chi connectivity index (χ1v) is 25.5. The molecule has 0 aromatic heterocycles. The van der Waals surface area contributed by atoms with Crippen molar-refractivity contribution < 1.29 is 44.2 Å². The van der Waals surface area contributed by atoms with Gasteiger partial charge in [-0.2, -0.15) is 0 Å². The third-order valence-electron chi connectivity index (χ3n) is 11.4. The summed E-state index contributed by atoms with van der Waals surface area (Å²) >= 11 is 0. The number of aliphatic hydroxyl groups excluding tert-OH is 4. The summed E-state index contributed by atoms with van der Waals surface area (Å²) in [7, 11) is 0. The summed E-state index contributed by atoms with van der Waals surface area (Å²) in [6, 6.07) is 0.